The Labute approximate surface area is 162 Å². The third-order valence-electron chi connectivity index (χ3n) is 6.06. The highest BCUT2D eigenvalue weighted by Crippen LogP contribution is 2.23. The van der Waals surface area contributed by atoms with Crippen molar-refractivity contribution in [2.75, 3.05) is 44.2 Å². The molecule has 0 atom stereocenters. The summed E-state index contributed by atoms with van der Waals surface area (Å²) in [6.07, 6.45) is 5.20. The molecule has 2 saturated heterocycles. The van der Waals surface area contributed by atoms with Gasteiger partial charge >= 0.3 is 0 Å². The third kappa shape index (κ3) is 4.60. The second-order valence-electron chi connectivity index (χ2n) is 7.61. The lowest BCUT2D eigenvalue weighted by molar-refractivity contribution is -0.143. The van der Waals surface area contributed by atoms with E-state index in [4.69, 9.17) is 0 Å². The highest BCUT2D eigenvalue weighted by Gasteiger charge is 2.33. The first-order valence-electron chi connectivity index (χ1n) is 10.4. The summed E-state index contributed by atoms with van der Waals surface area (Å²) in [7, 11) is 0. The van der Waals surface area contributed by atoms with Gasteiger partial charge in [0.15, 0.2) is 0 Å². The van der Waals surface area contributed by atoms with Crippen LogP contribution in [0.2, 0.25) is 0 Å². The first-order chi connectivity index (χ1) is 13.1. The molecule has 0 unspecified atom stereocenters. The summed E-state index contributed by atoms with van der Waals surface area (Å²) in [5.41, 5.74) is 0. The molecule has 6 nitrogen and oxygen atoms in total. The summed E-state index contributed by atoms with van der Waals surface area (Å²) in [6, 6.07) is 5.93. The normalized spacial score (nSPS) is 18.9. The standard InChI is InChI=1S/C21H32N4O2/c1-3-17(4-2)20(26)24-11-8-18(9-12-24)21(27)25-15-13-23(14-16-25)19-7-5-6-10-22-19/h5-7,10,17-18H,3-4,8-9,11-16H2,1-2H3. The van der Waals surface area contributed by atoms with Gasteiger partial charge < -0.3 is 14.7 Å². The molecule has 2 amide bonds. The number of amides is 2. The third-order valence-corrected chi connectivity index (χ3v) is 6.06. The molecular weight excluding hydrogens is 340 g/mol. The van der Waals surface area contributed by atoms with E-state index in [1.54, 1.807) is 0 Å². The van der Waals surface area contributed by atoms with Crippen LogP contribution in [0.3, 0.4) is 0 Å². The number of nitrogens with zero attached hydrogens (tertiary/aromatic N) is 4. The molecule has 0 radical (unpaired) electrons. The zero-order chi connectivity index (χ0) is 19.2. The van der Waals surface area contributed by atoms with Gasteiger partial charge in [-0.25, -0.2) is 4.98 Å². The minimum atomic E-state index is 0.0668. The van der Waals surface area contributed by atoms with Crippen molar-refractivity contribution in [1.82, 2.24) is 14.8 Å². The number of piperidine rings is 1. The maximum atomic E-state index is 12.9. The molecule has 2 aliphatic heterocycles. The Kier molecular flexibility index (Phi) is 6.69. The number of piperazine rings is 1. The summed E-state index contributed by atoms with van der Waals surface area (Å²) in [4.78, 5) is 36.0. The topological polar surface area (TPSA) is 56.8 Å². The summed E-state index contributed by atoms with van der Waals surface area (Å²) in [6.45, 7) is 8.76. The van der Waals surface area contributed by atoms with Gasteiger partial charge in [0.2, 0.25) is 11.8 Å². The number of hydrogen-bond acceptors (Lipinski definition) is 4. The number of hydrogen-bond donors (Lipinski definition) is 0. The first-order valence-corrected chi connectivity index (χ1v) is 10.4. The van der Waals surface area contributed by atoms with Crippen molar-refractivity contribution in [2.45, 2.75) is 39.5 Å². The fraction of sp³-hybridized carbons (Fsp3) is 0.667. The Balaban J connectivity index is 1.47. The molecule has 0 aliphatic carbocycles. The van der Waals surface area contributed by atoms with Crippen LogP contribution in [-0.4, -0.2) is 65.9 Å². The predicted octanol–water partition coefficient (Wildman–Crippen LogP) is 2.41. The van der Waals surface area contributed by atoms with Crippen LogP contribution in [0.5, 0.6) is 0 Å². The van der Waals surface area contributed by atoms with E-state index in [2.05, 4.69) is 23.7 Å². The molecule has 2 fully saturated rings. The summed E-state index contributed by atoms with van der Waals surface area (Å²) in [5, 5.41) is 0. The molecule has 148 valence electrons. The monoisotopic (exact) mass is 372 g/mol. The predicted molar refractivity (Wildman–Crippen MR) is 106 cm³/mol. The Morgan fingerprint density at radius 2 is 1.67 bits per heavy atom. The van der Waals surface area contributed by atoms with E-state index >= 15 is 0 Å². The van der Waals surface area contributed by atoms with Gasteiger partial charge in [-0.2, -0.15) is 0 Å². The van der Waals surface area contributed by atoms with Gasteiger partial charge in [-0.15, -0.1) is 0 Å². The number of carbonyl (C=O) groups is 2. The fourth-order valence-corrected chi connectivity index (χ4v) is 4.20. The van der Waals surface area contributed by atoms with Crippen LogP contribution >= 0.6 is 0 Å². The molecule has 6 heteroatoms. The smallest absolute Gasteiger partial charge is 0.225 e. The maximum Gasteiger partial charge on any atom is 0.225 e. The largest absolute Gasteiger partial charge is 0.353 e. The molecule has 1 aromatic heterocycles. The Morgan fingerprint density at radius 1 is 1.00 bits per heavy atom. The minimum Gasteiger partial charge on any atom is -0.353 e. The zero-order valence-corrected chi connectivity index (χ0v) is 16.6. The van der Waals surface area contributed by atoms with E-state index in [0.29, 0.717) is 0 Å². The summed E-state index contributed by atoms with van der Waals surface area (Å²) in [5.74, 6) is 1.73. The van der Waals surface area contributed by atoms with E-state index in [9.17, 15) is 9.59 Å². The molecule has 0 bridgehead atoms. The van der Waals surface area contributed by atoms with Gasteiger partial charge in [-0.1, -0.05) is 19.9 Å². The van der Waals surface area contributed by atoms with Gasteiger partial charge in [0.25, 0.3) is 0 Å². The van der Waals surface area contributed by atoms with Gasteiger partial charge in [0, 0.05) is 57.3 Å². The highest BCUT2D eigenvalue weighted by molar-refractivity contribution is 5.81. The number of pyridine rings is 1. The SMILES string of the molecule is CCC(CC)C(=O)N1CCC(C(=O)N2CCN(c3ccccn3)CC2)CC1. The molecule has 27 heavy (non-hydrogen) atoms. The number of anilines is 1. The first kappa shape index (κ1) is 19.6. The van der Waals surface area contributed by atoms with E-state index in [0.717, 1.165) is 70.8 Å². The van der Waals surface area contributed by atoms with Crippen LogP contribution in [0.4, 0.5) is 5.82 Å². The molecule has 1 aromatic rings. The van der Waals surface area contributed by atoms with Crippen molar-refractivity contribution >= 4 is 17.6 Å². The van der Waals surface area contributed by atoms with E-state index in [-0.39, 0.29) is 23.7 Å². The van der Waals surface area contributed by atoms with Gasteiger partial charge in [0.1, 0.15) is 5.82 Å². The Bertz CT molecular complexity index is 616. The average Bonchev–Trinajstić information content (AvgIpc) is 2.75. The van der Waals surface area contributed by atoms with Crippen molar-refractivity contribution in [3.63, 3.8) is 0 Å². The molecular formula is C21H32N4O2. The molecule has 0 N–H and O–H groups in total. The lowest BCUT2D eigenvalue weighted by atomic mass is 9.93. The molecule has 0 aromatic carbocycles. The van der Waals surface area contributed by atoms with E-state index in [1.807, 2.05) is 34.2 Å². The minimum absolute atomic E-state index is 0.0668. The number of rotatable bonds is 5. The lowest BCUT2D eigenvalue weighted by Crippen LogP contribution is -2.52. The molecule has 2 aliphatic rings. The molecule has 3 heterocycles. The Morgan fingerprint density at radius 3 is 2.22 bits per heavy atom. The van der Waals surface area contributed by atoms with Crippen LogP contribution in [0.1, 0.15) is 39.5 Å². The van der Waals surface area contributed by atoms with Crippen LogP contribution in [0.25, 0.3) is 0 Å². The lowest BCUT2D eigenvalue weighted by Gasteiger charge is -2.39. The van der Waals surface area contributed by atoms with E-state index in [1.165, 1.54) is 0 Å². The fourth-order valence-electron chi connectivity index (χ4n) is 4.20. The quantitative estimate of drug-likeness (QED) is 0.796. The van der Waals surface area contributed by atoms with Crippen molar-refractivity contribution in [3.05, 3.63) is 24.4 Å². The number of carbonyl (C=O) groups excluding carboxylic acids is 2. The summed E-state index contributed by atoms with van der Waals surface area (Å²) < 4.78 is 0. The number of aromatic nitrogens is 1. The maximum absolute atomic E-state index is 12.9. The van der Waals surface area contributed by atoms with Crippen LogP contribution in [-0.2, 0) is 9.59 Å². The van der Waals surface area contributed by atoms with Crippen LogP contribution in [0.15, 0.2) is 24.4 Å². The van der Waals surface area contributed by atoms with Crippen molar-refractivity contribution in [1.29, 1.82) is 0 Å². The summed E-state index contributed by atoms with van der Waals surface area (Å²) >= 11 is 0. The molecule has 0 saturated carbocycles. The second kappa shape index (κ2) is 9.20. The number of likely N-dealkylation sites (tertiary alicyclic amines) is 1. The van der Waals surface area contributed by atoms with Crippen LogP contribution in [0, 0.1) is 11.8 Å². The molecule has 3 rings (SSSR count). The zero-order valence-electron chi connectivity index (χ0n) is 16.6. The van der Waals surface area contributed by atoms with E-state index < -0.39 is 0 Å². The van der Waals surface area contributed by atoms with Gasteiger partial charge in [-0.3, -0.25) is 9.59 Å². The van der Waals surface area contributed by atoms with Crippen molar-refractivity contribution in [3.8, 4) is 0 Å². The second-order valence-corrected chi connectivity index (χ2v) is 7.61. The Hall–Kier alpha value is -2.11. The molecule has 0 spiro atoms. The average molecular weight is 373 g/mol. The van der Waals surface area contributed by atoms with Gasteiger partial charge in [0.05, 0.1) is 0 Å². The highest BCUT2D eigenvalue weighted by atomic mass is 16.2. The van der Waals surface area contributed by atoms with Crippen molar-refractivity contribution < 1.29 is 9.59 Å². The van der Waals surface area contributed by atoms with Crippen LogP contribution < -0.4 is 4.90 Å². The van der Waals surface area contributed by atoms with Gasteiger partial charge in [-0.05, 0) is 37.8 Å². The van der Waals surface area contributed by atoms with Crippen molar-refractivity contribution in [2.24, 2.45) is 11.8 Å².